The maximum Gasteiger partial charge on any atom is 0.178 e. The molecule has 3 aromatic rings. The third kappa shape index (κ3) is 2.14. The molecule has 4 nitrogen and oxygen atoms in total. The Morgan fingerprint density at radius 2 is 2.26 bits per heavy atom. The van der Waals surface area contributed by atoms with Crippen LogP contribution in [0.2, 0.25) is 0 Å². The number of benzene rings is 1. The molecule has 0 amide bonds. The first kappa shape index (κ1) is 11.6. The Bertz CT molecular complexity index is 824. The van der Waals surface area contributed by atoms with Gasteiger partial charge in [0.1, 0.15) is 0 Å². The van der Waals surface area contributed by atoms with Crippen LogP contribution in [0.4, 0.5) is 0 Å². The fourth-order valence-electron chi connectivity index (χ4n) is 2.05. The van der Waals surface area contributed by atoms with E-state index in [0.717, 1.165) is 16.6 Å². The molecule has 0 unspecified atom stereocenters. The summed E-state index contributed by atoms with van der Waals surface area (Å²) in [6.07, 6.45) is 3.56. The van der Waals surface area contributed by atoms with Crippen LogP contribution in [0.15, 0.2) is 42.7 Å². The minimum absolute atomic E-state index is 0.626. The summed E-state index contributed by atoms with van der Waals surface area (Å²) in [6, 6.07) is 11.5. The number of nitriles is 1. The Kier molecular flexibility index (Phi) is 2.86. The van der Waals surface area contributed by atoms with Crippen molar-refractivity contribution in [2.24, 2.45) is 0 Å². The summed E-state index contributed by atoms with van der Waals surface area (Å²) >= 11 is 5.34. The third-order valence-corrected chi connectivity index (χ3v) is 3.29. The van der Waals surface area contributed by atoms with Gasteiger partial charge < -0.3 is 9.55 Å². The van der Waals surface area contributed by atoms with Crippen molar-refractivity contribution in [1.29, 1.82) is 5.26 Å². The normalized spacial score (nSPS) is 10.5. The van der Waals surface area contributed by atoms with Crippen LogP contribution in [0, 0.1) is 16.1 Å². The van der Waals surface area contributed by atoms with E-state index in [0.29, 0.717) is 16.9 Å². The fraction of sp³-hybridized carbons (Fsp3) is 0.0714. The number of rotatable bonds is 2. The predicted molar refractivity (Wildman–Crippen MR) is 75.2 cm³/mol. The SMILES string of the molecule is N#Cc1ccc2[nH]c(=S)n(Cc3cccnc3)c2c1. The molecular formula is C14H10N4S. The molecule has 2 aromatic heterocycles. The molecule has 0 radical (unpaired) electrons. The second kappa shape index (κ2) is 4.67. The third-order valence-electron chi connectivity index (χ3n) is 2.97. The van der Waals surface area contributed by atoms with E-state index in [1.54, 1.807) is 12.3 Å². The van der Waals surface area contributed by atoms with Gasteiger partial charge in [-0.05, 0) is 42.0 Å². The highest BCUT2D eigenvalue weighted by Crippen LogP contribution is 2.17. The molecule has 0 bridgehead atoms. The Labute approximate surface area is 115 Å². The lowest BCUT2D eigenvalue weighted by Gasteiger charge is -2.04. The summed E-state index contributed by atoms with van der Waals surface area (Å²) in [4.78, 5) is 7.25. The van der Waals surface area contributed by atoms with Crippen LogP contribution in [-0.2, 0) is 6.54 Å². The zero-order valence-electron chi connectivity index (χ0n) is 10.00. The predicted octanol–water partition coefficient (Wildman–Crippen LogP) is 3.01. The molecular weight excluding hydrogens is 256 g/mol. The van der Waals surface area contributed by atoms with E-state index in [4.69, 9.17) is 17.5 Å². The first-order chi connectivity index (χ1) is 9.28. The number of hydrogen-bond donors (Lipinski definition) is 1. The van der Waals surface area contributed by atoms with Crippen molar-refractivity contribution < 1.29 is 0 Å². The Hall–Kier alpha value is -2.45. The van der Waals surface area contributed by atoms with Crippen LogP contribution in [0.25, 0.3) is 11.0 Å². The molecule has 1 aromatic carbocycles. The number of pyridine rings is 1. The van der Waals surface area contributed by atoms with Gasteiger partial charge in [-0.25, -0.2) is 0 Å². The second-order valence-electron chi connectivity index (χ2n) is 4.22. The van der Waals surface area contributed by atoms with E-state index in [1.165, 1.54) is 0 Å². The Morgan fingerprint density at radius 3 is 3.00 bits per heavy atom. The minimum Gasteiger partial charge on any atom is -0.331 e. The molecule has 3 rings (SSSR count). The van der Waals surface area contributed by atoms with E-state index < -0.39 is 0 Å². The van der Waals surface area contributed by atoms with E-state index in [1.807, 2.05) is 35.0 Å². The van der Waals surface area contributed by atoms with E-state index in [2.05, 4.69) is 16.0 Å². The molecule has 0 saturated carbocycles. The maximum absolute atomic E-state index is 8.98. The number of hydrogen-bond acceptors (Lipinski definition) is 3. The van der Waals surface area contributed by atoms with Gasteiger partial charge >= 0.3 is 0 Å². The average molecular weight is 266 g/mol. The van der Waals surface area contributed by atoms with Crippen molar-refractivity contribution in [1.82, 2.24) is 14.5 Å². The number of H-pyrrole nitrogens is 1. The first-order valence-electron chi connectivity index (χ1n) is 5.79. The van der Waals surface area contributed by atoms with Gasteiger partial charge in [0.05, 0.1) is 29.2 Å². The summed E-state index contributed by atoms with van der Waals surface area (Å²) < 4.78 is 2.62. The second-order valence-corrected chi connectivity index (χ2v) is 4.61. The summed E-state index contributed by atoms with van der Waals surface area (Å²) in [6.45, 7) is 0.640. The zero-order valence-corrected chi connectivity index (χ0v) is 10.8. The monoisotopic (exact) mass is 266 g/mol. The van der Waals surface area contributed by atoms with E-state index >= 15 is 0 Å². The van der Waals surface area contributed by atoms with Crippen molar-refractivity contribution in [3.05, 3.63) is 58.6 Å². The molecule has 0 spiro atoms. The van der Waals surface area contributed by atoms with Crippen LogP contribution in [0.5, 0.6) is 0 Å². The highest BCUT2D eigenvalue weighted by molar-refractivity contribution is 7.71. The van der Waals surface area contributed by atoms with Crippen LogP contribution in [0.3, 0.4) is 0 Å². The van der Waals surface area contributed by atoms with Gasteiger partial charge in [-0.2, -0.15) is 5.26 Å². The lowest BCUT2D eigenvalue weighted by atomic mass is 10.2. The number of aromatic nitrogens is 3. The minimum atomic E-state index is 0.626. The van der Waals surface area contributed by atoms with Crippen molar-refractivity contribution in [2.75, 3.05) is 0 Å². The molecule has 0 aliphatic carbocycles. The lowest BCUT2D eigenvalue weighted by molar-refractivity contribution is 0.806. The van der Waals surface area contributed by atoms with Gasteiger partial charge in [0.2, 0.25) is 0 Å². The van der Waals surface area contributed by atoms with Crippen molar-refractivity contribution in [3.8, 4) is 6.07 Å². The highest BCUT2D eigenvalue weighted by atomic mass is 32.1. The number of imidazole rings is 1. The Morgan fingerprint density at radius 1 is 1.37 bits per heavy atom. The largest absolute Gasteiger partial charge is 0.331 e. The molecule has 0 aliphatic rings. The standard InChI is InChI=1S/C14H10N4S/c15-7-10-3-4-12-13(6-10)18(14(19)17-12)9-11-2-1-5-16-8-11/h1-6,8H,9H2,(H,17,19). The molecule has 19 heavy (non-hydrogen) atoms. The van der Waals surface area contributed by atoms with Crippen LogP contribution in [0.1, 0.15) is 11.1 Å². The van der Waals surface area contributed by atoms with E-state index in [9.17, 15) is 0 Å². The molecule has 0 saturated heterocycles. The van der Waals surface area contributed by atoms with Crippen LogP contribution >= 0.6 is 12.2 Å². The smallest absolute Gasteiger partial charge is 0.178 e. The van der Waals surface area contributed by atoms with Crippen molar-refractivity contribution in [2.45, 2.75) is 6.54 Å². The van der Waals surface area contributed by atoms with Gasteiger partial charge in [0.15, 0.2) is 4.77 Å². The maximum atomic E-state index is 8.98. The average Bonchev–Trinajstić information content (AvgIpc) is 2.76. The summed E-state index contributed by atoms with van der Waals surface area (Å²) in [7, 11) is 0. The van der Waals surface area contributed by atoms with Gasteiger partial charge in [-0.15, -0.1) is 0 Å². The molecule has 0 aliphatic heterocycles. The zero-order chi connectivity index (χ0) is 13.2. The topological polar surface area (TPSA) is 57.4 Å². The molecule has 0 fully saturated rings. The van der Waals surface area contributed by atoms with Crippen molar-refractivity contribution >= 4 is 23.3 Å². The summed E-state index contributed by atoms with van der Waals surface area (Å²) in [5.74, 6) is 0. The molecule has 92 valence electrons. The Balaban J connectivity index is 2.15. The number of aromatic amines is 1. The van der Waals surface area contributed by atoms with E-state index in [-0.39, 0.29) is 0 Å². The quantitative estimate of drug-likeness (QED) is 0.725. The molecule has 5 heteroatoms. The molecule has 0 atom stereocenters. The first-order valence-corrected chi connectivity index (χ1v) is 6.20. The molecule has 2 heterocycles. The molecule has 1 N–H and O–H groups in total. The van der Waals surface area contributed by atoms with Crippen LogP contribution < -0.4 is 0 Å². The number of nitrogens with zero attached hydrogens (tertiary/aromatic N) is 3. The summed E-state index contributed by atoms with van der Waals surface area (Å²) in [5, 5.41) is 8.98. The van der Waals surface area contributed by atoms with Gasteiger partial charge in [-0.1, -0.05) is 6.07 Å². The fourth-order valence-corrected chi connectivity index (χ4v) is 2.33. The lowest BCUT2D eigenvalue weighted by Crippen LogP contribution is -2.00. The van der Waals surface area contributed by atoms with Gasteiger partial charge in [-0.3, -0.25) is 4.98 Å². The summed E-state index contributed by atoms with van der Waals surface area (Å²) in [5.41, 5.74) is 3.57. The van der Waals surface area contributed by atoms with Crippen LogP contribution in [-0.4, -0.2) is 14.5 Å². The van der Waals surface area contributed by atoms with Gasteiger partial charge in [0, 0.05) is 12.4 Å². The van der Waals surface area contributed by atoms with Gasteiger partial charge in [0.25, 0.3) is 0 Å². The number of nitrogens with one attached hydrogen (secondary N) is 1. The van der Waals surface area contributed by atoms with Crippen molar-refractivity contribution in [3.63, 3.8) is 0 Å². The number of fused-ring (bicyclic) bond motifs is 1. The highest BCUT2D eigenvalue weighted by Gasteiger charge is 2.06.